The zero-order chi connectivity index (χ0) is 14.7. The molecule has 0 saturated carbocycles. The molecule has 21 heavy (non-hydrogen) atoms. The van der Waals surface area contributed by atoms with Gasteiger partial charge in [0.1, 0.15) is 0 Å². The second kappa shape index (κ2) is 5.66. The quantitative estimate of drug-likeness (QED) is 0.896. The molecule has 4 amide bonds. The number of hydrogen-bond donors (Lipinski definition) is 2. The minimum Gasteiger partial charge on any atom is -0.472 e. The van der Waals surface area contributed by atoms with Crippen LogP contribution in [-0.2, 0) is 6.54 Å². The van der Waals surface area contributed by atoms with Gasteiger partial charge in [0.05, 0.1) is 18.2 Å². The third kappa shape index (κ3) is 2.86. The maximum absolute atomic E-state index is 11.8. The molecule has 1 fully saturated rings. The Balaban J connectivity index is 1.58. The molecule has 3 heterocycles. The monoisotopic (exact) mass is 286 g/mol. The summed E-state index contributed by atoms with van der Waals surface area (Å²) in [5, 5.41) is 5.27. The van der Waals surface area contributed by atoms with Crippen molar-refractivity contribution in [3.63, 3.8) is 0 Å². The van der Waals surface area contributed by atoms with Crippen molar-refractivity contribution in [2.24, 2.45) is 0 Å². The van der Waals surface area contributed by atoms with Crippen LogP contribution in [0.2, 0.25) is 0 Å². The predicted octanol–water partition coefficient (Wildman–Crippen LogP) is 1.58. The molecule has 1 aliphatic rings. The first-order valence-electron chi connectivity index (χ1n) is 6.55. The van der Waals surface area contributed by atoms with Gasteiger partial charge in [-0.05, 0) is 17.7 Å². The Hall–Kier alpha value is -2.83. The molecule has 0 aliphatic carbocycles. The van der Waals surface area contributed by atoms with Gasteiger partial charge in [-0.25, -0.2) is 14.5 Å². The molecule has 0 bridgehead atoms. The largest absolute Gasteiger partial charge is 0.472 e. The average molecular weight is 286 g/mol. The van der Waals surface area contributed by atoms with Crippen molar-refractivity contribution in [3.8, 4) is 11.3 Å². The van der Waals surface area contributed by atoms with E-state index in [0.717, 1.165) is 21.7 Å². The van der Waals surface area contributed by atoms with E-state index in [4.69, 9.17) is 4.42 Å². The summed E-state index contributed by atoms with van der Waals surface area (Å²) in [7, 11) is 0. The van der Waals surface area contributed by atoms with E-state index >= 15 is 0 Å². The first-order valence-corrected chi connectivity index (χ1v) is 6.55. The Labute approximate surface area is 121 Å². The molecule has 1 aliphatic heterocycles. The number of furan rings is 1. The minimum atomic E-state index is -0.399. The Kier molecular flexibility index (Phi) is 3.55. The second-order valence-corrected chi connectivity index (χ2v) is 4.61. The highest BCUT2D eigenvalue weighted by atomic mass is 16.3. The number of nitrogens with one attached hydrogen (secondary N) is 2. The van der Waals surface area contributed by atoms with E-state index in [1.165, 1.54) is 0 Å². The number of nitrogens with zero attached hydrogens (tertiary/aromatic N) is 2. The number of amides is 4. The van der Waals surface area contributed by atoms with E-state index in [-0.39, 0.29) is 6.03 Å². The van der Waals surface area contributed by atoms with Crippen molar-refractivity contribution < 1.29 is 14.0 Å². The van der Waals surface area contributed by atoms with Crippen LogP contribution in [-0.4, -0.2) is 35.0 Å². The van der Waals surface area contributed by atoms with Crippen LogP contribution in [0.3, 0.4) is 0 Å². The molecule has 3 rings (SSSR count). The molecule has 2 aromatic heterocycles. The van der Waals surface area contributed by atoms with Gasteiger partial charge in [-0.3, -0.25) is 4.98 Å². The standard InChI is InChI=1S/C14H14N4O3/c19-13-15-4-5-18(13)14(20)17-8-10-1-2-12(16-7-10)11-3-6-21-9-11/h1-3,6-7,9H,4-5,8H2,(H,15,19)(H,17,20). The normalized spacial score (nSPS) is 14.1. The van der Waals surface area contributed by atoms with Gasteiger partial charge in [0.2, 0.25) is 0 Å². The molecule has 2 N–H and O–H groups in total. The molecule has 7 heteroatoms. The fourth-order valence-corrected chi connectivity index (χ4v) is 2.05. The van der Waals surface area contributed by atoms with Crippen molar-refractivity contribution in [2.45, 2.75) is 6.54 Å². The Morgan fingerprint density at radius 2 is 2.33 bits per heavy atom. The predicted molar refractivity (Wildman–Crippen MR) is 74.3 cm³/mol. The summed E-state index contributed by atoms with van der Waals surface area (Å²) in [5.41, 5.74) is 2.56. The summed E-state index contributed by atoms with van der Waals surface area (Å²) in [6.07, 6.45) is 4.90. The average Bonchev–Trinajstić information content (AvgIpc) is 3.16. The van der Waals surface area contributed by atoms with Crippen LogP contribution >= 0.6 is 0 Å². The highest BCUT2D eigenvalue weighted by Crippen LogP contribution is 2.17. The summed E-state index contributed by atoms with van der Waals surface area (Å²) in [6.45, 7) is 1.21. The number of aromatic nitrogens is 1. The third-order valence-corrected chi connectivity index (χ3v) is 3.19. The van der Waals surface area contributed by atoms with E-state index in [0.29, 0.717) is 19.6 Å². The van der Waals surface area contributed by atoms with Crippen molar-refractivity contribution in [1.82, 2.24) is 20.5 Å². The van der Waals surface area contributed by atoms with Crippen LogP contribution in [0.5, 0.6) is 0 Å². The second-order valence-electron chi connectivity index (χ2n) is 4.61. The number of hydrogen-bond acceptors (Lipinski definition) is 4. The van der Waals surface area contributed by atoms with Crippen LogP contribution in [0.1, 0.15) is 5.56 Å². The van der Waals surface area contributed by atoms with E-state index in [1.54, 1.807) is 18.7 Å². The lowest BCUT2D eigenvalue weighted by Gasteiger charge is -2.13. The molecule has 0 radical (unpaired) electrons. The van der Waals surface area contributed by atoms with E-state index in [1.807, 2.05) is 18.2 Å². The fraction of sp³-hybridized carbons (Fsp3) is 0.214. The fourth-order valence-electron chi connectivity index (χ4n) is 2.05. The van der Waals surface area contributed by atoms with Crippen molar-refractivity contribution in [3.05, 3.63) is 42.5 Å². The van der Waals surface area contributed by atoms with Gasteiger partial charge in [0.25, 0.3) is 0 Å². The summed E-state index contributed by atoms with van der Waals surface area (Å²) in [6, 6.07) is 4.80. The zero-order valence-corrected chi connectivity index (χ0v) is 11.2. The van der Waals surface area contributed by atoms with Crippen LogP contribution in [0, 0.1) is 0 Å². The number of carbonyl (C=O) groups is 2. The van der Waals surface area contributed by atoms with E-state index < -0.39 is 6.03 Å². The molecule has 108 valence electrons. The van der Waals surface area contributed by atoms with E-state index in [2.05, 4.69) is 15.6 Å². The maximum Gasteiger partial charge on any atom is 0.325 e. The van der Waals surface area contributed by atoms with Gasteiger partial charge in [0.15, 0.2) is 0 Å². The first-order chi connectivity index (χ1) is 10.2. The van der Waals surface area contributed by atoms with E-state index in [9.17, 15) is 9.59 Å². The Morgan fingerprint density at radius 1 is 1.43 bits per heavy atom. The topological polar surface area (TPSA) is 87.5 Å². The molecular weight excluding hydrogens is 272 g/mol. The molecule has 0 unspecified atom stereocenters. The highest BCUT2D eigenvalue weighted by molar-refractivity contribution is 5.94. The number of pyridine rings is 1. The van der Waals surface area contributed by atoms with Crippen molar-refractivity contribution in [2.75, 3.05) is 13.1 Å². The summed E-state index contributed by atoms with van der Waals surface area (Å²) in [4.78, 5) is 28.6. The molecule has 7 nitrogen and oxygen atoms in total. The van der Waals surface area contributed by atoms with Gasteiger partial charge in [-0.2, -0.15) is 0 Å². The Bertz CT molecular complexity index is 637. The zero-order valence-electron chi connectivity index (χ0n) is 11.2. The molecular formula is C14H14N4O3. The number of imide groups is 1. The van der Waals surface area contributed by atoms with Gasteiger partial charge >= 0.3 is 12.1 Å². The van der Waals surface area contributed by atoms with Crippen molar-refractivity contribution >= 4 is 12.1 Å². The lowest BCUT2D eigenvalue weighted by Crippen LogP contribution is -2.41. The Morgan fingerprint density at radius 3 is 2.95 bits per heavy atom. The van der Waals surface area contributed by atoms with Crippen LogP contribution in [0.25, 0.3) is 11.3 Å². The molecule has 2 aromatic rings. The number of urea groups is 2. The van der Waals surface area contributed by atoms with Gasteiger partial charge in [0, 0.05) is 31.4 Å². The van der Waals surface area contributed by atoms with Crippen LogP contribution < -0.4 is 10.6 Å². The van der Waals surface area contributed by atoms with Crippen LogP contribution in [0.4, 0.5) is 9.59 Å². The highest BCUT2D eigenvalue weighted by Gasteiger charge is 2.25. The molecule has 0 atom stereocenters. The smallest absolute Gasteiger partial charge is 0.325 e. The van der Waals surface area contributed by atoms with Gasteiger partial charge < -0.3 is 15.1 Å². The molecule has 0 aromatic carbocycles. The first kappa shape index (κ1) is 13.2. The van der Waals surface area contributed by atoms with Crippen molar-refractivity contribution in [1.29, 1.82) is 0 Å². The lowest BCUT2D eigenvalue weighted by atomic mass is 10.2. The lowest BCUT2D eigenvalue weighted by molar-refractivity contribution is 0.198. The number of carbonyl (C=O) groups excluding carboxylic acids is 2. The number of rotatable bonds is 3. The maximum atomic E-state index is 11.8. The summed E-state index contributed by atoms with van der Waals surface area (Å²) < 4.78 is 5.00. The van der Waals surface area contributed by atoms with Crippen LogP contribution in [0.15, 0.2) is 41.3 Å². The van der Waals surface area contributed by atoms with Gasteiger partial charge in [-0.15, -0.1) is 0 Å². The molecule has 0 spiro atoms. The minimum absolute atomic E-state index is 0.321. The third-order valence-electron chi connectivity index (χ3n) is 3.19. The SMILES string of the molecule is O=C1NCCN1C(=O)NCc1ccc(-c2ccoc2)nc1. The summed E-state index contributed by atoms with van der Waals surface area (Å²) >= 11 is 0. The van der Waals surface area contributed by atoms with Gasteiger partial charge in [-0.1, -0.05) is 6.07 Å². The molecule has 1 saturated heterocycles. The summed E-state index contributed by atoms with van der Waals surface area (Å²) in [5.74, 6) is 0.